The van der Waals surface area contributed by atoms with E-state index in [-0.39, 0.29) is 11.3 Å². The molecule has 0 atom stereocenters. The number of hydrogen-bond acceptors (Lipinski definition) is 7. The van der Waals surface area contributed by atoms with E-state index in [9.17, 15) is 4.79 Å². The van der Waals surface area contributed by atoms with E-state index in [2.05, 4.69) is 15.6 Å². The van der Waals surface area contributed by atoms with Crippen LogP contribution in [0.25, 0.3) is 27.7 Å². The highest BCUT2D eigenvalue weighted by molar-refractivity contribution is 5.83. The molecule has 2 aromatic carbocycles. The van der Waals surface area contributed by atoms with Crippen LogP contribution in [0.15, 0.2) is 69.5 Å². The van der Waals surface area contributed by atoms with Gasteiger partial charge < -0.3 is 9.73 Å². The maximum Gasteiger partial charge on any atom is 0.362 e. The Morgan fingerprint density at radius 1 is 1.15 bits per heavy atom. The largest absolute Gasteiger partial charge is 0.421 e. The Labute approximate surface area is 152 Å². The van der Waals surface area contributed by atoms with Crippen LogP contribution in [0.1, 0.15) is 0 Å². The number of fused-ring (bicyclic) bond motifs is 2. The molecule has 0 fully saturated rings. The number of hydrogen-bond donors (Lipinski definition) is 1. The molecule has 0 aliphatic heterocycles. The second kappa shape index (κ2) is 6.47. The van der Waals surface area contributed by atoms with Gasteiger partial charge in [0.15, 0.2) is 5.69 Å². The smallest absolute Gasteiger partial charge is 0.362 e. The molecule has 0 saturated carbocycles. The summed E-state index contributed by atoms with van der Waals surface area (Å²) in [6.07, 6.45) is 1.29. The first-order valence-electron chi connectivity index (χ1n) is 7.85. The minimum absolute atomic E-state index is 0.0649. The summed E-state index contributed by atoms with van der Waals surface area (Å²) in [6, 6.07) is 17.6. The molecule has 27 heavy (non-hydrogen) atoms. The van der Waals surface area contributed by atoms with E-state index in [1.165, 1.54) is 10.9 Å². The molecule has 0 unspecified atom stereocenters. The molecule has 128 valence electrons. The van der Waals surface area contributed by atoms with Crippen LogP contribution in [0.4, 0.5) is 5.69 Å². The van der Waals surface area contributed by atoms with E-state index in [4.69, 9.17) is 14.9 Å². The molecule has 8 heteroatoms. The molecule has 0 bridgehead atoms. The third-order valence-corrected chi connectivity index (χ3v) is 3.92. The van der Waals surface area contributed by atoms with Crippen LogP contribution in [0, 0.1) is 22.7 Å². The fourth-order valence-corrected chi connectivity index (χ4v) is 2.63. The fourth-order valence-electron chi connectivity index (χ4n) is 2.63. The molecule has 0 amide bonds. The van der Waals surface area contributed by atoms with Gasteiger partial charge in [-0.25, -0.2) is 9.48 Å². The Kier molecular flexibility index (Phi) is 3.85. The third-order valence-electron chi connectivity index (χ3n) is 3.92. The van der Waals surface area contributed by atoms with Gasteiger partial charge in [-0.1, -0.05) is 17.3 Å². The van der Waals surface area contributed by atoms with Crippen molar-refractivity contribution >= 4 is 27.7 Å². The predicted molar refractivity (Wildman–Crippen MR) is 97.8 cm³/mol. The number of nitrogens with zero attached hydrogens (tertiary/aromatic N) is 5. The van der Waals surface area contributed by atoms with E-state index in [0.29, 0.717) is 27.7 Å². The lowest BCUT2D eigenvalue weighted by Crippen LogP contribution is -2.11. The van der Waals surface area contributed by atoms with Crippen molar-refractivity contribution in [1.29, 1.82) is 10.5 Å². The second-order valence-corrected chi connectivity index (χ2v) is 5.59. The zero-order valence-electron chi connectivity index (χ0n) is 13.7. The SMILES string of the molecule is N#CC(C#N)=CNc1ccc2cc(-n3nnc4ccccc43)c(=O)oc2c1. The number of nitrogens with one attached hydrogen (secondary N) is 1. The summed E-state index contributed by atoms with van der Waals surface area (Å²) >= 11 is 0. The number of allylic oxidation sites excluding steroid dienone is 1. The lowest BCUT2D eigenvalue weighted by Gasteiger charge is -2.05. The summed E-state index contributed by atoms with van der Waals surface area (Å²) in [5.74, 6) is 0. The first-order valence-corrected chi connectivity index (χ1v) is 7.85. The summed E-state index contributed by atoms with van der Waals surface area (Å²) in [5.41, 5.74) is 1.95. The Hall–Kier alpha value is -4.43. The van der Waals surface area contributed by atoms with Crippen molar-refractivity contribution in [1.82, 2.24) is 15.0 Å². The van der Waals surface area contributed by atoms with Gasteiger partial charge in [0.25, 0.3) is 0 Å². The Morgan fingerprint density at radius 2 is 1.96 bits per heavy atom. The second-order valence-electron chi connectivity index (χ2n) is 5.59. The van der Waals surface area contributed by atoms with Gasteiger partial charge in [-0.3, -0.25) is 0 Å². The van der Waals surface area contributed by atoms with Crippen LogP contribution < -0.4 is 10.9 Å². The molecule has 4 aromatic rings. The van der Waals surface area contributed by atoms with Crippen molar-refractivity contribution in [3.05, 3.63) is 70.7 Å². The van der Waals surface area contributed by atoms with Crippen molar-refractivity contribution in [2.75, 3.05) is 5.32 Å². The molecule has 0 spiro atoms. The predicted octanol–water partition coefficient (Wildman–Crippen LogP) is 2.87. The highest BCUT2D eigenvalue weighted by atomic mass is 16.4. The first kappa shape index (κ1) is 16.1. The van der Waals surface area contributed by atoms with Gasteiger partial charge in [0.1, 0.15) is 28.8 Å². The zero-order chi connectivity index (χ0) is 18.8. The van der Waals surface area contributed by atoms with E-state index in [1.807, 2.05) is 24.3 Å². The van der Waals surface area contributed by atoms with Gasteiger partial charge in [0, 0.05) is 23.3 Å². The average molecular weight is 354 g/mol. The van der Waals surface area contributed by atoms with Crippen LogP contribution in [-0.4, -0.2) is 15.0 Å². The first-order chi connectivity index (χ1) is 13.2. The summed E-state index contributed by atoms with van der Waals surface area (Å²) in [7, 11) is 0. The normalized spacial score (nSPS) is 10.3. The van der Waals surface area contributed by atoms with Crippen LogP contribution in [0.2, 0.25) is 0 Å². The Balaban J connectivity index is 1.78. The van der Waals surface area contributed by atoms with Crippen molar-refractivity contribution in [2.24, 2.45) is 0 Å². The Morgan fingerprint density at radius 3 is 2.78 bits per heavy atom. The van der Waals surface area contributed by atoms with Gasteiger partial charge in [-0.15, -0.1) is 5.10 Å². The summed E-state index contributed by atoms with van der Waals surface area (Å²) in [6.45, 7) is 0. The van der Waals surface area contributed by atoms with E-state index in [0.717, 1.165) is 0 Å². The molecular formula is C19H10N6O2. The molecule has 0 radical (unpaired) electrons. The number of aromatic nitrogens is 3. The van der Waals surface area contributed by atoms with Gasteiger partial charge in [-0.05, 0) is 30.3 Å². The third kappa shape index (κ3) is 2.88. The van der Waals surface area contributed by atoms with Crippen LogP contribution in [0.3, 0.4) is 0 Å². The lowest BCUT2D eigenvalue weighted by molar-refractivity contribution is 0.552. The minimum atomic E-state index is -0.555. The highest BCUT2D eigenvalue weighted by Gasteiger charge is 2.12. The average Bonchev–Trinajstić information content (AvgIpc) is 3.12. The molecule has 2 heterocycles. The summed E-state index contributed by atoms with van der Waals surface area (Å²) in [4.78, 5) is 12.5. The summed E-state index contributed by atoms with van der Waals surface area (Å²) in [5, 5.41) is 29.1. The number of anilines is 1. The maximum absolute atomic E-state index is 12.5. The molecule has 2 aromatic heterocycles. The lowest BCUT2D eigenvalue weighted by atomic mass is 10.2. The van der Waals surface area contributed by atoms with Crippen LogP contribution >= 0.6 is 0 Å². The van der Waals surface area contributed by atoms with Crippen molar-refractivity contribution < 1.29 is 4.42 Å². The van der Waals surface area contributed by atoms with E-state index >= 15 is 0 Å². The van der Waals surface area contributed by atoms with Gasteiger partial charge in [-0.2, -0.15) is 10.5 Å². The number of rotatable bonds is 3. The molecule has 4 rings (SSSR count). The minimum Gasteiger partial charge on any atom is -0.421 e. The Bertz CT molecular complexity index is 1330. The van der Waals surface area contributed by atoms with Crippen molar-refractivity contribution in [2.45, 2.75) is 0 Å². The summed E-state index contributed by atoms with van der Waals surface area (Å²) < 4.78 is 6.88. The zero-order valence-corrected chi connectivity index (χ0v) is 13.7. The molecular weight excluding hydrogens is 344 g/mol. The van der Waals surface area contributed by atoms with Gasteiger partial charge in [0.2, 0.25) is 0 Å². The number of nitriles is 2. The molecule has 0 saturated heterocycles. The molecule has 0 aliphatic rings. The maximum atomic E-state index is 12.5. The number of benzene rings is 2. The van der Waals surface area contributed by atoms with Crippen LogP contribution in [-0.2, 0) is 0 Å². The molecule has 0 aliphatic carbocycles. The van der Waals surface area contributed by atoms with E-state index < -0.39 is 5.63 Å². The van der Waals surface area contributed by atoms with E-state index in [1.54, 1.807) is 36.4 Å². The highest BCUT2D eigenvalue weighted by Crippen LogP contribution is 2.21. The monoisotopic (exact) mass is 354 g/mol. The van der Waals surface area contributed by atoms with Crippen molar-refractivity contribution in [3.8, 4) is 17.8 Å². The quantitative estimate of drug-likeness (QED) is 0.443. The molecule has 8 nitrogen and oxygen atoms in total. The molecule has 1 N–H and O–H groups in total. The van der Waals surface area contributed by atoms with Crippen molar-refractivity contribution in [3.63, 3.8) is 0 Å². The standard InChI is InChI=1S/C19H10N6O2/c20-9-12(10-21)11-22-14-6-5-13-7-17(19(26)27-18(13)8-14)25-16-4-2-1-3-15(16)23-24-25/h1-8,11,22H. The topological polar surface area (TPSA) is 121 Å². The number of para-hydroxylation sites is 1. The van der Waals surface area contributed by atoms with Gasteiger partial charge in [0.05, 0.1) is 5.52 Å². The van der Waals surface area contributed by atoms with Gasteiger partial charge >= 0.3 is 5.63 Å². The van der Waals surface area contributed by atoms with Crippen LogP contribution in [0.5, 0.6) is 0 Å². The fraction of sp³-hybridized carbons (Fsp3) is 0.